The molecule has 150 valence electrons. The summed E-state index contributed by atoms with van der Waals surface area (Å²) in [6.07, 6.45) is 2.27. The van der Waals surface area contributed by atoms with E-state index in [0.717, 1.165) is 5.52 Å². The maximum absolute atomic E-state index is 13.3. The van der Waals surface area contributed by atoms with Gasteiger partial charge in [0.1, 0.15) is 17.2 Å². The zero-order chi connectivity index (χ0) is 21.4. The lowest BCUT2D eigenvalue weighted by Gasteiger charge is -2.11. The molecule has 0 bridgehead atoms. The van der Waals surface area contributed by atoms with Crippen molar-refractivity contribution in [2.75, 3.05) is 7.11 Å². The maximum Gasteiger partial charge on any atom is 0.210 e. The molecule has 0 N–H and O–H groups in total. The molecule has 7 nitrogen and oxygen atoms in total. The number of pyridine rings is 1. The predicted molar refractivity (Wildman–Crippen MR) is 106 cm³/mol. The molecule has 0 amide bonds. The highest BCUT2D eigenvalue weighted by Gasteiger charge is 2.23. The minimum atomic E-state index is -1.46. The van der Waals surface area contributed by atoms with Crippen molar-refractivity contribution in [2.24, 2.45) is 0 Å². The molecular weight excluding hydrogens is 386 g/mol. The number of carbonyl (C=O) groups excluding carboxylic acids is 3. The number of carbonyl (C=O) groups is 3. The highest BCUT2D eigenvalue weighted by molar-refractivity contribution is 6.12. The van der Waals surface area contributed by atoms with Crippen LogP contribution in [0.2, 0.25) is 0 Å². The van der Waals surface area contributed by atoms with Gasteiger partial charge in [-0.2, -0.15) is 0 Å². The summed E-state index contributed by atoms with van der Waals surface area (Å²) in [4.78, 5) is 35.9. The number of hydrogen-bond acceptors (Lipinski definition) is 6. The van der Waals surface area contributed by atoms with E-state index >= 15 is 0 Å². The fraction of sp³-hybridized carbons (Fsp3) is 0.0870. The van der Waals surface area contributed by atoms with Gasteiger partial charge in [0.2, 0.25) is 5.78 Å². The molecule has 0 saturated heterocycles. The van der Waals surface area contributed by atoms with Gasteiger partial charge in [-0.3, -0.25) is 9.59 Å². The topological polar surface area (TPSA) is 101 Å². The molecular formula is C23H16NO6-. The number of methoxy groups -OCH3 is 1. The van der Waals surface area contributed by atoms with Crippen molar-refractivity contribution in [2.45, 2.75) is 6.92 Å². The van der Waals surface area contributed by atoms with E-state index < -0.39 is 5.97 Å². The van der Waals surface area contributed by atoms with Crippen LogP contribution in [-0.4, -0.2) is 29.5 Å². The second-order valence-electron chi connectivity index (χ2n) is 6.66. The van der Waals surface area contributed by atoms with E-state index in [1.165, 1.54) is 37.4 Å². The van der Waals surface area contributed by atoms with E-state index in [1.54, 1.807) is 23.6 Å². The van der Waals surface area contributed by atoms with Crippen molar-refractivity contribution in [1.82, 2.24) is 4.40 Å². The van der Waals surface area contributed by atoms with Gasteiger partial charge in [-0.25, -0.2) is 0 Å². The normalized spacial score (nSPS) is 10.9. The summed E-state index contributed by atoms with van der Waals surface area (Å²) in [5.74, 6) is -0.983. The lowest BCUT2D eigenvalue weighted by molar-refractivity contribution is -0.254. The Morgan fingerprint density at radius 3 is 2.60 bits per heavy atom. The molecule has 4 aromatic rings. The monoisotopic (exact) mass is 402 g/mol. The largest absolute Gasteiger partial charge is 0.545 e. The minimum Gasteiger partial charge on any atom is -0.545 e. The van der Waals surface area contributed by atoms with Crippen molar-refractivity contribution in [3.8, 4) is 17.1 Å². The number of aromatic nitrogens is 1. The van der Waals surface area contributed by atoms with Crippen molar-refractivity contribution in [1.29, 1.82) is 0 Å². The van der Waals surface area contributed by atoms with Crippen LogP contribution in [0.1, 0.15) is 42.5 Å². The van der Waals surface area contributed by atoms with Crippen LogP contribution < -0.4 is 9.84 Å². The summed E-state index contributed by atoms with van der Waals surface area (Å²) in [7, 11) is 1.53. The Labute approximate surface area is 171 Å². The third kappa shape index (κ3) is 2.97. The standard InChI is InChI=1S/C23H17NO6/c1-13-20(24-10-4-3-5-18(24)22(13)29-2)21(26)14-6-8-16(17(11-14)23(27)28)19-9-7-15(12-25)30-19/h3-12H,1-2H3,(H,27,28)/p-1. The summed E-state index contributed by atoms with van der Waals surface area (Å²) >= 11 is 0. The van der Waals surface area contributed by atoms with Gasteiger partial charge in [-0.1, -0.05) is 12.1 Å². The fourth-order valence-electron chi connectivity index (χ4n) is 3.61. The van der Waals surface area contributed by atoms with Crippen molar-refractivity contribution in [3.05, 3.63) is 82.9 Å². The van der Waals surface area contributed by atoms with Crippen LogP contribution in [0.15, 0.2) is 59.1 Å². The number of nitrogens with zero attached hydrogens (tertiary/aromatic N) is 1. The average molecular weight is 402 g/mol. The Balaban J connectivity index is 1.86. The summed E-state index contributed by atoms with van der Waals surface area (Å²) in [5.41, 5.74) is 1.94. The smallest absolute Gasteiger partial charge is 0.210 e. The van der Waals surface area contributed by atoms with Gasteiger partial charge >= 0.3 is 0 Å². The molecule has 3 heterocycles. The molecule has 0 radical (unpaired) electrons. The molecule has 0 atom stereocenters. The molecule has 0 fully saturated rings. The summed E-state index contributed by atoms with van der Waals surface area (Å²) in [6.45, 7) is 1.77. The lowest BCUT2D eigenvalue weighted by atomic mass is 9.98. The molecule has 1 aromatic carbocycles. The van der Waals surface area contributed by atoms with Crippen molar-refractivity contribution < 1.29 is 28.6 Å². The number of aldehydes is 1. The fourth-order valence-corrected chi connectivity index (χ4v) is 3.61. The van der Waals surface area contributed by atoms with Crippen LogP contribution in [0, 0.1) is 6.92 Å². The Kier molecular flexibility index (Phi) is 4.71. The van der Waals surface area contributed by atoms with E-state index in [4.69, 9.17) is 9.15 Å². The van der Waals surface area contributed by atoms with E-state index in [-0.39, 0.29) is 34.0 Å². The Morgan fingerprint density at radius 2 is 1.93 bits per heavy atom. The van der Waals surface area contributed by atoms with Gasteiger partial charge in [-0.05, 0) is 43.3 Å². The number of carboxylic acid groups (broad SMARTS) is 1. The molecule has 0 aliphatic heterocycles. The van der Waals surface area contributed by atoms with E-state index in [2.05, 4.69) is 0 Å². The number of fused-ring (bicyclic) bond motifs is 1. The SMILES string of the molecule is COc1c(C)c(C(=O)c2ccc(-c3ccc(C=O)o3)c(C(=O)[O-])c2)n2ccccc12. The molecule has 0 spiro atoms. The third-order valence-electron chi connectivity index (χ3n) is 4.96. The number of carboxylic acids is 1. The van der Waals surface area contributed by atoms with Gasteiger partial charge in [0, 0.05) is 28.5 Å². The van der Waals surface area contributed by atoms with Crippen LogP contribution in [0.25, 0.3) is 16.8 Å². The van der Waals surface area contributed by atoms with Crippen LogP contribution in [0.4, 0.5) is 0 Å². The number of ether oxygens (including phenoxy) is 1. The predicted octanol–water partition coefficient (Wildman–Crippen LogP) is 2.92. The third-order valence-corrected chi connectivity index (χ3v) is 4.96. The molecule has 0 aliphatic rings. The first kappa shape index (κ1) is 19.2. The number of rotatable bonds is 6. The second kappa shape index (κ2) is 7.36. The van der Waals surface area contributed by atoms with Crippen molar-refractivity contribution in [3.63, 3.8) is 0 Å². The number of aromatic carboxylic acids is 1. The molecule has 7 heteroatoms. The minimum absolute atomic E-state index is 0.0665. The Hall–Kier alpha value is -4.13. The zero-order valence-corrected chi connectivity index (χ0v) is 16.2. The first-order chi connectivity index (χ1) is 14.5. The lowest BCUT2D eigenvalue weighted by Crippen LogP contribution is -2.23. The van der Waals surface area contributed by atoms with Crippen LogP contribution in [0.3, 0.4) is 0 Å². The number of hydrogen-bond donors (Lipinski definition) is 0. The maximum atomic E-state index is 13.3. The molecule has 3 aromatic heterocycles. The number of ketones is 1. The second-order valence-corrected chi connectivity index (χ2v) is 6.66. The Bertz CT molecular complexity index is 1310. The van der Waals surface area contributed by atoms with Gasteiger partial charge in [-0.15, -0.1) is 0 Å². The molecule has 30 heavy (non-hydrogen) atoms. The van der Waals surface area contributed by atoms with Gasteiger partial charge in [0.05, 0.1) is 18.6 Å². The number of furan rings is 1. The van der Waals surface area contributed by atoms with Gasteiger partial charge < -0.3 is 23.5 Å². The highest BCUT2D eigenvalue weighted by Crippen LogP contribution is 2.33. The van der Waals surface area contributed by atoms with E-state index in [0.29, 0.717) is 23.3 Å². The first-order valence-electron chi connectivity index (χ1n) is 9.05. The summed E-state index contributed by atoms with van der Waals surface area (Å²) < 4.78 is 12.5. The molecule has 0 unspecified atom stereocenters. The molecule has 0 saturated carbocycles. The van der Waals surface area contributed by atoms with Gasteiger partial charge in [0.25, 0.3) is 0 Å². The van der Waals surface area contributed by atoms with E-state index in [1.807, 2.05) is 12.1 Å². The quantitative estimate of drug-likeness (QED) is 0.363. The highest BCUT2D eigenvalue weighted by atomic mass is 16.5. The molecule has 0 aliphatic carbocycles. The first-order valence-corrected chi connectivity index (χ1v) is 9.05. The average Bonchev–Trinajstić information content (AvgIpc) is 3.34. The van der Waals surface area contributed by atoms with E-state index in [9.17, 15) is 19.5 Å². The van der Waals surface area contributed by atoms with Crippen molar-refractivity contribution >= 4 is 23.6 Å². The van der Waals surface area contributed by atoms with Crippen LogP contribution in [-0.2, 0) is 0 Å². The van der Waals surface area contributed by atoms with Crippen LogP contribution in [0.5, 0.6) is 5.75 Å². The van der Waals surface area contributed by atoms with Gasteiger partial charge in [0.15, 0.2) is 12.0 Å². The number of benzene rings is 1. The summed E-state index contributed by atoms with van der Waals surface area (Å²) in [5, 5.41) is 11.8. The Morgan fingerprint density at radius 1 is 1.13 bits per heavy atom. The summed E-state index contributed by atoms with van der Waals surface area (Å²) in [6, 6.07) is 12.6. The zero-order valence-electron chi connectivity index (χ0n) is 16.2. The van der Waals surface area contributed by atoms with Crippen LogP contribution >= 0.6 is 0 Å². The molecule has 4 rings (SSSR count).